The Morgan fingerprint density at radius 1 is 1.42 bits per heavy atom. The van der Waals surface area contributed by atoms with E-state index in [2.05, 4.69) is 9.97 Å². The lowest BCUT2D eigenvalue weighted by Gasteiger charge is -2.07. The number of hydrogen-bond donors (Lipinski definition) is 1. The van der Waals surface area contributed by atoms with Gasteiger partial charge < -0.3 is 9.84 Å². The van der Waals surface area contributed by atoms with Gasteiger partial charge in [-0.2, -0.15) is 0 Å². The molecule has 2 rings (SSSR count). The normalized spacial score (nSPS) is 10.6. The predicted molar refractivity (Wildman–Crippen MR) is 73.8 cm³/mol. The lowest BCUT2D eigenvalue weighted by atomic mass is 10.2. The van der Waals surface area contributed by atoms with Crippen LogP contribution < -0.4 is 4.74 Å². The van der Waals surface area contributed by atoms with Gasteiger partial charge >= 0.3 is 5.97 Å². The minimum atomic E-state index is -0.877. The van der Waals surface area contributed by atoms with Gasteiger partial charge in [0.2, 0.25) is 0 Å². The van der Waals surface area contributed by atoms with Crippen molar-refractivity contribution in [2.24, 2.45) is 0 Å². The number of ether oxygens (including phenoxy) is 1. The van der Waals surface area contributed by atoms with E-state index in [0.29, 0.717) is 11.8 Å². The fourth-order valence-electron chi connectivity index (χ4n) is 1.68. The molecule has 19 heavy (non-hydrogen) atoms. The van der Waals surface area contributed by atoms with E-state index in [0.717, 1.165) is 34.1 Å². The molecule has 6 heteroatoms. The van der Waals surface area contributed by atoms with Crippen molar-refractivity contribution in [2.75, 3.05) is 12.4 Å². The van der Waals surface area contributed by atoms with Gasteiger partial charge in [0.25, 0.3) is 0 Å². The molecule has 0 amide bonds. The van der Waals surface area contributed by atoms with Gasteiger partial charge in [0.1, 0.15) is 5.75 Å². The fraction of sp³-hybridized carbons (Fsp3) is 0.308. The van der Waals surface area contributed by atoms with E-state index in [4.69, 9.17) is 9.84 Å². The second-order valence-electron chi connectivity index (χ2n) is 3.89. The number of aryl methyl sites for hydroxylation is 1. The maximum Gasteiger partial charge on any atom is 0.313 e. The monoisotopic (exact) mass is 278 g/mol. The molecule has 1 aromatic heterocycles. The highest BCUT2D eigenvalue weighted by molar-refractivity contribution is 7.99. The number of carbonyl (C=O) groups is 1. The van der Waals surface area contributed by atoms with E-state index >= 15 is 0 Å². The highest BCUT2D eigenvalue weighted by Crippen LogP contribution is 2.24. The number of carboxylic acid groups (broad SMARTS) is 1. The van der Waals surface area contributed by atoms with Crippen LogP contribution in [-0.2, 0) is 4.79 Å². The third-order valence-corrected chi connectivity index (χ3v) is 3.31. The SMILES string of the molecule is CCOc1ccc2nc(SCC(=O)O)nc(C)c2c1. The van der Waals surface area contributed by atoms with Crippen LogP contribution in [0.4, 0.5) is 0 Å². The van der Waals surface area contributed by atoms with Crippen LogP contribution in [0.15, 0.2) is 23.4 Å². The van der Waals surface area contributed by atoms with Gasteiger partial charge in [-0.25, -0.2) is 9.97 Å². The second-order valence-corrected chi connectivity index (χ2v) is 4.83. The Kier molecular flexibility index (Phi) is 4.21. The minimum Gasteiger partial charge on any atom is -0.494 e. The summed E-state index contributed by atoms with van der Waals surface area (Å²) >= 11 is 1.12. The molecule has 0 aliphatic carbocycles. The van der Waals surface area contributed by atoms with Crippen LogP contribution in [0, 0.1) is 6.92 Å². The van der Waals surface area contributed by atoms with Gasteiger partial charge in [0.05, 0.1) is 17.9 Å². The first kappa shape index (κ1) is 13.6. The number of rotatable bonds is 5. The molecule has 0 aliphatic rings. The smallest absolute Gasteiger partial charge is 0.313 e. The summed E-state index contributed by atoms with van der Waals surface area (Å²) in [7, 11) is 0. The van der Waals surface area contributed by atoms with Crippen LogP contribution in [0.1, 0.15) is 12.6 Å². The molecule has 0 bridgehead atoms. The third kappa shape index (κ3) is 3.35. The Morgan fingerprint density at radius 2 is 2.21 bits per heavy atom. The van der Waals surface area contributed by atoms with Crippen molar-refractivity contribution in [1.82, 2.24) is 9.97 Å². The van der Waals surface area contributed by atoms with Gasteiger partial charge in [0, 0.05) is 11.1 Å². The molecule has 5 nitrogen and oxygen atoms in total. The molecule has 1 heterocycles. The lowest BCUT2D eigenvalue weighted by molar-refractivity contribution is -0.133. The lowest BCUT2D eigenvalue weighted by Crippen LogP contribution is -2.00. The summed E-state index contributed by atoms with van der Waals surface area (Å²) in [4.78, 5) is 19.2. The number of carboxylic acids is 1. The Bertz CT molecular complexity index is 616. The zero-order valence-electron chi connectivity index (χ0n) is 10.7. The maximum absolute atomic E-state index is 10.5. The second kappa shape index (κ2) is 5.88. The predicted octanol–water partition coefficient (Wildman–Crippen LogP) is 2.51. The molecule has 1 N–H and O–H groups in total. The molecular weight excluding hydrogens is 264 g/mol. The molecule has 0 aliphatic heterocycles. The number of fused-ring (bicyclic) bond motifs is 1. The average Bonchev–Trinajstić information content (AvgIpc) is 2.37. The van der Waals surface area contributed by atoms with Crippen LogP contribution >= 0.6 is 11.8 Å². The largest absolute Gasteiger partial charge is 0.494 e. The number of aromatic nitrogens is 2. The molecule has 0 fully saturated rings. The van der Waals surface area contributed by atoms with Crippen molar-refractivity contribution in [3.8, 4) is 5.75 Å². The van der Waals surface area contributed by atoms with Crippen LogP contribution in [0.3, 0.4) is 0 Å². The highest BCUT2D eigenvalue weighted by Gasteiger charge is 2.08. The maximum atomic E-state index is 10.5. The molecule has 0 saturated heterocycles. The van der Waals surface area contributed by atoms with Gasteiger partial charge in [-0.05, 0) is 32.0 Å². The van der Waals surface area contributed by atoms with Crippen LogP contribution in [0.2, 0.25) is 0 Å². The topological polar surface area (TPSA) is 72.3 Å². The zero-order chi connectivity index (χ0) is 13.8. The minimum absolute atomic E-state index is 0.0397. The molecule has 100 valence electrons. The summed E-state index contributed by atoms with van der Waals surface area (Å²) in [5, 5.41) is 10.1. The number of benzene rings is 1. The molecule has 0 saturated carbocycles. The summed E-state index contributed by atoms with van der Waals surface area (Å²) in [5.41, 5.74) is 1.61. The molecule has 0 spiro atoms. The molecule has 0 atom stereocenters. The van der Waals surface area contributed by atoms with Crippen molar-refractivity contribution in [2.45, 2.75) is 19.0 Å². The first-order chi connectivity index (χ1) is 9.10. The number of hydrogen-bond acceptors (Lipinski definition) is 5. The first-order valence-corrected chi connectivity index (χ1v) is 6.84. The summed E-state index contributed by atoms with van der Waals surface area (Å²) in [6.07, 6.45) is 0. The van der Waals surface area contributed by atoms with Crippen molar-refractivity contribution >= 4 is 28.6 Å². The van der Waals surface area contributed by atoms with E-state index < -0.39 is 5.97 Å². The van der Waals surface area contributed by atoms with Crippen molar-refractivity contribution in [3.63, 3.8) is 0 Å². The van der Waals surface area contributed by atoms with Crippen LogP contribution in [0.25, 0.3) is 10.9 Å². The standard InChI is InChI=1S/C13H14N2O3S/c1-3-18-9-4-5-11-10(6-9)8(2)14-13(15-11)19-7-12(16)17/h4-6H,3,7H2,1-2H3,(H,16,17). The first-order valence-electron chi connectivity index (χ1n) is 5.86. The fourth-order valence-corrected chi connectivity index (χ4v) is 2.30. The molecular formula is C13H14N2O3S. The molecule has 1 aromatic carbocycles. The zero-order valence-corrected chi connectivity index (χ0v) is 11.5. The van der Waals surface area contributed by atoms with Gasteiger partial charge in [-0.3, -0.25) is 4.79 Å². The third-order valence-electron chi connectivity index (χ3n) is 2.47. The van der Waals surface area contributed by atoms with E-state index in [-0.39, 0.29) is 5.75 Å². The molecule has 2 aromatic rings. The van der Waals surface area contributed by atoms with E-state index in [9.17, 15) is 4.79 Å². The number of nitrogens with zero attached hydrogens (tertiary/aromatic N) is 2. The summed E-state index contributed by atoms with van der Waals surface area (Å²) < 4.78 is 5.44. The van der Waals surface area contributed by atoms with E-state index in [1.807, 2.05) is 32.0 Å². The quantitative estimate of drug-likeness (QED) is 0.669. The van der Waals surface area contributed by atoms with Crippen molar-refractivity contribution < 1.29 is 14.6 Å². The van der Waals surface area contributed by atoms with Crippen LogP contribution in [0.5, 0.6) is 5.75 Å². The summed E-state index contributed by atoms with van der Waals surface area (Å²) in [6, 6.07) is 5.61. The Labute approximate surface area is 115 Å². The van der Waals surface area contributed by atoms with Gasteiger partial charge in [-0.1, -0.05) is 11.8 Å². The Balaban J connectivity index is 2.35. The number of thioether (sulfide) groups is 1. The Morgan fingerprint density at radius 3 is 2.89 bits per heavy atom. The van der Waals surface area contributed by atoms with Crippen molar-refractivity contribution in [3.05, 3.63) is 23.9 Å². The van der Waals surface area contributed by atoms with E-state index in [1.54, 1.807) is 0 Å². The Hall–Kier alpha value is -1.82. The van der Waals surface area contributed by atoms with Crippen molar-refractivity contribution in [1.29, 1.82) is 0 Å². The highest BCUT2D eigenvalue weighted by atomic mass is 32.2. The van der Waals surface area contributed by atoms with Crippen LogP contribution in [-0.4, -0.2) is 33.4 Å². The molecule has 0 radical (unpaired) electrons. The average molecular weight is 278 g/mol. The summed E-state index contributed by atoms with van der Waals surface area (Å²) in [5.74, 6) is -0.132. The number of aliphatic carboxylic acids is 1. The summed E-state index contributed by atoms with van der Waals surface area (Å²) in [6.45, 7) is 4.42. The van der Waals surface area contributed by atoms with Gasteiger partial charge in [-0.15, -0.1) is 0 Å². The van der Waals surface area contributed by atoms with E-state index in [1.165, 1.54) is 0 Å². The molecule has 0 unspecified atom stereocenters. The van der Waals surface area contributed by atoms with Gasteiger partial charge in [0.15, 0.2) is 5.16 Å².